The number of aliphatic hydroxyl groups is 1. The molecule has 4 nitrogen and oxygen atoms in total. The van der Waals surface area contributed by atoms with Gasteiger partial charge in [-0.1, -0.05) is 0 Å². The zero-order chi connectivity index (χ0) is 10.8. The van der Waals surface area contributed by atoms with E-state index in [1.807, 2.05) is 6.07 Å². The van der Waals surface area contributed by atoms with E-state index in [0.29, 0.717) is 23.7 Å². The third-order valence-electron chi connectivity index (χ3n) is 2.23. The molecule has 0 unspecified atom stereocenters. The van der Waals surface area contributed by atoms with E-state index in [0.717, 1.165) is 10.0 Å². The Hall–Kier alpha value is -0.940. The molecule has 2 rings (SSSR count). The lowest BCUT2D eigenvalue weighted by molar-refractivity contribution is 0.172. The van der Waals surface area contributed by atoms with Crippen LogP contribution in [0.2, 0.25) is 0 Å². The summed E-state index contributed by atoms with van der Waals surface area (Å²) in [6.45, 7) is 0.260. The predicted octanol–water partition coefficient (Wildman–Crippen LogP) is 1.72. The van der Waals surface area contributed by atoms with Crippen LogP contribution in [-0.4, -0.2) is 25.6 Å². The van der Waals surface area contributed by atoms with Gasteiger partial charge in [-0.3, -0.25) is 0 Å². The number of ether oxygens (including phenoxy) is 3. The van der Waals surface area contributed by atoms with Crippen molar-refractivity contribution in [1.29, 1.82) is 0 Å². The van der Waals surface area contributed by atoms with Gasteiger partial charge in [-0.15, -0.1) is 0 Å². The molecular formula is C10H11BrO4. The maximum atomic E-state index is 8.99. The summed E-state index contributed by atoms with van der Waals surface area (Å²) in [5.74, 6) is 2.04. The number of aliphatic hydroxyl groups excluding tert-OH is 1. The topological polar surface area (TPSA) is 47.9 Å². The summed E-state index contributed by atoms with van der Waals surface area (Å²) in [4.78, 5) is 0. The van der Waals surface area contributed by atoms with Gasteiger partial charge in [-0.2, -0.15) is 0 Å². The van der Waals surface area contributed by atoms with Gasteiger partial charge in [0.05, 0.1) is 11.6 Å². The van der Waals surface area contributed by atoms with Crippen LogP contribution >= 0.6 is 15.9 Å². The van der Waals surface area contributed by atoms with Crippen LogP contribution in [0.5, 0.6) is 17.2 Å². The van der Waals surface area contributed by atoms with Gasteiger partial charge < -0.3 is 19.3 Å². The Kier molecular flexibility index (Phi) is 3.02. The van der Waals surface area contributed by atoms with Crippen molar-refractivity contribution in [2.24, 2.45) is 0 Å². The molecule has 0 radical (unpaired) electrons. The zero-order valence-corrected chi connectivity index (χ0v) is 9.83. The highest BCUT2D eigenvalue weighted by Crippen LogP contribution is 2.45. The molecular weight excluding hydrogens is 264 g/mol. The molecule has 1 aromatic carbocycles. The number of fused-ring (bicyclic) bond motifs is 1. The first kappa shape index (κ1) is 10.6. The van der Waals surface area contributed by atoms with Gasteiger partial charge in [0.2, 0.25) is 6.79 Å². The van der Waals surface area contributed by atoms with Crippen molar-refractivity contribution in [2.75, 3.05) is 20.5 Å². The number of hydrogen-bond donors (Lipinski definition) is 1. The highest BCUT2D eigenvalue weighted by molar-refractivity contribution is 9.10. The lowest BCUT2D eigenvalue weighted by Crippen LogP contribution is -1.99. The summed E-state index contributed by atoms with van der Waals surface area (Å²) in [7, 11) is 1.59. The normalized spacial score (nSPS) is 13.0. The number of rotatable bonds is 3. The van der Waals surface area contributed by atoms with Crippen LogP contribution in [0.1, 0.15) is 5.56 Å². The molecule has 1 aliphatic heterocycles. The molecule has 0 atom stereocenters. The van der Waals surface area contributed by atoms with Crippen LogP contribution < -0.4 is 14.2 Å². The first-order valence-electron chi connectivity index (χ1n) is 4.53. The summed E-state index contributed by atoms with van der Waals surface area (Å²) >= 11 is 3.39. The number of benzene rings is 1. The van der Waals surface area contributed by atoms with Crippen LogP contribution in [0.25, 0.3) is 0 Å². The first-order chi connectivity index (χ1) is 7.27. The Morgan fingerprint density at radius 2 is 2.33 bits per heavy atom. The van der Waals surface area contributed by atoms with Crippen LogP contribution in [0.3, 0.4) is 0 Å². The molecule has 82 valence electrons. The molecule has 0 aliphatic carbocycles. The monoisotopic (exact) mass is 274 g/mol. The maximum Gasteiger partial charge on any atom is 0.231 e. The van der Waals surface area contributed by atoms with Crippen molar-refractivity contribution in [3.05, 3.63) is 16.1 Å². The summed E-state index contributed by atoms with van der Waals surface area (Å²) in [5, 5.41) is 8.99. The Morgan fingerprint density at radius 1 is 1.53 bits per heavy atom. The number of methoxy groups -OCH3 is 1. The summed E-state index contributed by atoms with van der Waals surface area (Å²) in [5.41, 5.74) is 0.835. The largest absolute Gasteiger partial charge is 0.495 e. The Balaban J connectivity index is 2.55. The van der Waals surface area contributed by atoms with Gasteiger partial charge in [0.15, 0.2) is 11.5 Å². The second-order valence-corrected chi connectivity index (χ2v) is 3.93. The fourth-order valence-electron chi connectivity index (χ4n) is 1.62. The molecule has 1 aliphatic rings. The third kappa shape index (κ3) is 1.77. The molecule has 1 heterocycles. The average Bonchev–Trinajstić information content (AvgIpc) is 2.66. The highest BCUT2D eigenvalue weighted by atomic mass is 79.9. The molecule has 1 N–H and O–H groups in total. The minimum absolute atomic E-state index is 0.0443. The lowest BCUT2D eigenvalue weighted by Gasteiger charge is -2.12. The van der Waals surface area contributed by atoms with Crippen molar-refractivity contribution >= 4 is 15.9 Å². The lowest BCUT2D eigenvalue weighted by atomic mass is 10.1. The minimum Gasteiger partial charge on any atom is -0.495 e. The summed E-state index contributed by atoms with van der Waals surface area (Å²) < 4.78 is 16.7. The second kappa shape index (κ2) is 4.28. The van der Waals surface area contributed by atoms with E-state index in [1.165, 1.54) is 0 Å². The minimum atomic E-state index is 0.0443. The summed E-state index contributed by atoms with van der Waals surface area (Å²) in [6.07, 6.45) is 0.480. The molecule has 0 amide bonds. The van der Waals surface area contributed by atoms with Crippen molar-refractivity contribution in [1.82, 2.24) is 0 Å². The molecule has 0 saturated carbocycles. The van der Waals surface area contributed by atoms with E-state index in [2.05, 4.69) is 15.9 Å². The molecule has 1 aromatic rings. The molecule has 0 saturated heterocycles. The van der Waals surface area contributed by atoms with Crippen molar-refractivity contribution in [3.63, 3.8) is 0 Å². The highest BCUT2D eigenvalue weighted by Gasteiger charge is 2.23. The second-order valence-electron chi connectivity index (χ2n) is 3.08. The van der Waals surface area contributed by atoms with Crippen molar-refractivity contribution < 1.29 is 19.3 Å². The van der Waals surface area contributed by atoms with Crippen molar-refractivity contribution in [2.45, 2.75) is 6.42 Å². The summed E-state index contributed by atoms with van der Waals surface area (Å²) in [6, 6.07) is 1.81. The third-order valence-corrected chi connectivity index (χ3v) is 2.82. The van der Waals surface area contributed by atoms with Crippen molar-refractivity contribution in [3.8, 4) is 17.2 Å². The molecule has 15 heavy (non-hydrogen) atoms. The van der Waals surface area contributed by atoms with Gasteiger partial charge in [0.1, 0.15) is 5.75 Å². The van der Waals surface area contributed by atoms with Gasteiger partial charge in [-0.25, -0.2) is 0 Å². The zero-order valence-electron chi connectivity index (χ0n) is 8.25. The van der Waals surface area contributed by atoms with E-state index in [4.69, 9.17) is 19.3 Å². The molecule has 5 heteroatoms. The van der Waals surface area contributed by atoms with Crippen LogP contribution in [0, 0.1) is 0 Å². The predicted molar refractivity (Wildman–Crippen MR) is 57.6 cm³/mol. The first-order valence-corrected chi connectivity index (χ1v) is 5.33. The Bertz CT molecular complexity index is 374. The van der Waals surface area contributed by atoms with E-state index < -0.39 is 0 Å². The van der Waals surface area contributed by atoms with E-state index in [1.54, 1.807) is 7.11 Å². The molecule has 0 spiro atoms. The SMILES string of the molecule is COc1c(Br)cc2c(c1CCO)OCO2. The van der Waals surface area contributed by atoms with E-state index in [-0.39, 0.29) is 13.4 Å². The number of hydrogen-bond acceptors (Lipinski definition) is 4. The Morgan fingerprint density at radius 3 is 3.00 bits per heavy atom. The van der Waals surface area contributed by atoms with Gasteiger partial charge in [0.25, 0.3) is 0 Å². The quantitative estimate of drug-likeness (QED) is 0.912. The Labute approximate surface area is 95.9 Å². The maximum absolute atomic E-state index is 8.99. The van der Waals surface area contributed by atoms with Crippen LogP contribution in [0.15, 0.2) is 10.5 Å². The standard InChI is InChI=1S/C10H11BrO4/c1-13-9-6(2-3-12)10-8(4-7(9)11)14-5-15-10/h4,12H,2-3,5H2,1H3. The molecule has 0 aromatic heterocycles. The van der Waals surface area contributed by atoms with E-state index in [9.17, 15) is 0 Å². The van der Waals surface area contributed by atoms with E-state index >= 15 is 0 Å². The van der Waals surface area contributed by atoms with Crippen LogP contribution in [-0.2, 0) is 6.42 Å². The smallest absolute Gasteiger partial charge is 0.231 e. The van der Waals surface area contributed by atoms with Gasteiger partial charge in [0, 0.05) is 24.7 Å². The fourth-order valence-corrected chi connectivity index (χ4v) is 2.23. The average molecular weight is 275 g/mol. The molecule has 0 bridgehead atoms. The number of halogens is 1. The fraction of sp³-hybridized carbons (Fsp3) is 0.400. The van der Waals surface area contributed by atoms with Crippen LogP contribution in [0.4, 0.5) is 0 Å². The molecule has 0 fully saturated rings. The van der Waals surface area contributed by atoms with Gasteiger partial charge in [-0.05, 0) is 15.9 Å². The van der Waals surface area contributed by atoms with Gasteiger partial charge >= 0.3 is 0 Å².